The SMILES string of the molecule is O=S(=O)(NC1CCC(O)CC1)C(F)(F)F. The van der Waals surface area contributed by atoms with Gasteiger partial charge in [-0.05, 0) is 25.7 Å². The fraction of sp³-hybridized carbons (Fsp3) is 1.00. The van der Waals surface area contributed by atoms with Crippen molar-refractivity contribution in [1.82, 2.24) is 4.72 Å². The standard InChI is InChI=1S/C7H12F3NO3S/c8-7(9,10)15(13,14)11-5-1-3-6(12)4-2-5/h5-6,11-12H,1-4H2. The maximum atomic E-state index is 12.0. The predicted octanol–water partition coefficient (Wildman–Crippen LogP) is 0.729. The summed E-state index contributed by atoms with van der Waals surface area (Å²) >= 11 is 0. The highest BCUT2D eigenvalue weighted by atomic mass is 32.2. The van der Waals surface area contributed by atoms with Gasteiger partial charge in [0.15, 0.2) is 0 Å². The monoisotopic (exact) mass is 247 g/mol. The molecule has 8 heteroatoms. The molecule has 0 heterocycles. The fourth-order valence-electron chi connectivity index (χ4n) is 1.48. The van der Waals surface area contributed by atoms with Crippen LogP contribution >= 0.6 is 0 Å². The lowest BCUT2D eigenvalue weighted by atomic mass is 9.94. The minimum absolute atomic E-state index is 0.233. The zero-order valence-corrected chi connectivity index (χ0v) is 8.61. The van der Waals surface area contributed by atoms with Crippen LogP contribution in [0.25, 0.3) is 0 Å². The Morgan fingerprint density at radius 3 is 2.00 bits per heavy atom. The Morgan fingerprint density at radius 2 is 1.60 bits per heavy atom. The molecule has 0 aromatic rings. The summed E-state index contributed by atoms with van der Waals surface area (Å²) < 4.78 is 58.9. The highest BCUT2D eigenvalue weighted by molar-refractivity contribution is 7.90. The van der Waals surface area contributed by atoms with Crippen LogP contribution in [0, 0.1) is 0 Å². The molecule has 0 spiro atoms. The quantitative estimate of drug-likeness (QED) is 0.756. The largest absolute Gasteiger partial charge is 0.511 e. The van der Waals surface area contributed by atoms with Gasteiger partial charge in [0, 0.05) is 6.04 Å². The third-order valence-electron chi connectivity index (χ3n) is 2.32. The molecule has 0 unspecified atom stereocenters. The van der Waals surface area contributed by atoms with Crippen molar-refractivity contribution in [2.24, 2.45) is 0 Å². The zero-order chi connectivity index (χ0) is 11.7. The third-order valence-corrected chi connectivity index (χ3v) is 3.58. The highest BCUT2D eigenvalue weighted by Gasteiger charge is 2.46. The predicted molar refractivity (Wildman–Crippen MR) is 46.4 cm³/mol. The molecular formula is C7H12F3NO3S. The van der Waals surface area contributed by atoms with E-state index in [9.17, 15) is 21.6 Å². The average molecular weight is 247 g/mol. The van der Waals surface area contributed by atoms with Gasteiger partial charge in [0.25, 0.3) is 0 Å². The number of nitrogens with one attached hydrogen (secondary N) is 1. The summed E-state index contributed by atoms with van der Waals surface area (Å²) in [6.07, 6.45) is 0.583. The van der Waals surface area contributed by atoms with Crippen LogP contribution in [0.1, 0.15) is 25.7 Å². The Kier molecular flexibility index (Phi) is 3.62. The first-order chi connectivity index (χ1) is 6.72. The van der Waals surface area contributed by atoms with Crippen LogP contribution < -0.4 is 4.72 Å². The van der Waals surface area contributed by atoms with Gasteiger partial charge in [0.05, 0.1) is 6.10 Å². The number of rotatable bonds is 2. The van der Waals surface area contributed by atoms with Crippen molar-refractivity contribution in [1.29, 1.82) is 0 Å². The molecule has 90 valence electrons. The minimum atomic E-state index is -5.26. The van der Waals surface area contributed by atoms with Crippen LogP contribution in [0.3, 0.4) is 0 Å². The Hall–Kier alpha value is -0.340. The number of sulfonamides is 1. The van der Waals surface area contributed by atoms with Crippen molar-refractivity contribution in [2.75, 3.05) is 0 Å². The molecule has 1 aliphatic rings. The zero-order valence-electron chi connectivity index (χ0n) is 7.79. The number of hydrogen-bond donors (Lipinski definition) is 2. The first-order valence-corrected chi connectivity index (χ1v) is 5.97. The van der Waals surface area contributed by atoms with E-state index in [0.29, 0.717) is 12.8 Å². The fourth-order valence-corrected chi connectivity index (χ4v) is 2.29. The highest BCUT2D eigenvalue weighted by Crippen LogP contribution is 2.25. The summed E-state index contributed by atoms with van der Waals surface area (Å²) in [5, 5.41) is 9.09. The smallest absolute Gasteiger partial charge is 0.393 e. The van der Waals surface area contributed by atoms with Crippen molar-refractivity contribution in [3.63, 3.8) is 0 Å². The van der Waals surface area contributed by atoms with Gasteiger partial charge < -0.3 is 5.11 Å². The van der Waals surface area contributed by atoms with Gasteiger partial charge in [-0.15, -0.1) is 0 Å². The maximum absolute atomic E-state index is 12.0. The first-order valence-electron chi connectivity index (χ1n) is 4.49. The first kappa shape index (κ1) is 12.7. The molecule has 1 fully saturated rings. The van der Waals surface area contributed by atoms with E-state index < -0.39 is 27.7 Å². The second-order valence-corrected chi connectivity index (χ2v) is 5.28. The van der Waals surface area contributed by atoms with Crippen molar-refractivity contribution in [3.8, 4) is 0 Å². The lowest BCUT2D eigenvalue weighted by Gasteiger charge is -2.26. The van der Waals surface area contributed by atoms with Crippen LogP contribution in [0.15, 0.2) is 0 Å². The molecule has 1 aliphatic carbocycles. The Bertz CT molecular complexity index is 306. The summed E-state index contributed by atoms with van der Waals surface area (Å²) in [4.78, 5) is 0. The van der Waals surface area contributed by atoms with E-state index in [1.54, 1.807) is 4.72 Å². The van der Waals surface area contributed by atoms with Crippen LogP contribution in [0.2, 0.25) is 0 Å². The molecule has 0 bridgehead atoms. The molecule has 1 rings (SSSR count). The molecule has 0 aromatic heterocycles. The average Bonchev–Trinajstić information content (AvgIpc) is 2.06. The summed E-state index contributed by atoms with van der Waals surface area (Å²) in [5.41, 5.74) is -5.26. The molecule has 0 aromatic carbocycles. The molecule has 15 heavy (non-hydrogen) atoms. The lowest BCUT2D eigenvalue weighted by molar-refractivity contribution is -0.0453. The summed E-state index contributed by atoms with van der Waals surface area (Å²) in [5.74, 6) is 0. The number of aliphatic hydroxyl groups excluding tert-OH is 1. The molecular weight excluding hydrogens is 235 g/mol. The van der Waals surface area contributed by atoms with Gasteiger partial charge in [-0.25, -0.2) is 13.1 Å². The van der Waals surface area contributed by atoms with E-state index in [-0.39, 0.29) is 12.8 Å². The van der Waals surface area contributed by atoms with E-state index >= 15 is 0 Å². The van der Waals surface area contributed by atoms with E-state index in [2.05, 4.69) is 0 Å². The van der Waals surface area contributed by atoms with Crippen molar-refractivity contribution in [2.45, 2.75) is 43.3 Å². The topological polar surface area (TPSA) is 66.4 Å². The Labute approximate surface area is 85.5 Å². The van der Waals surface area contributed by atoms with Crippen LogP contribution in [-0.2, 0) is 10.0 Å². The minimum Gasteiger partial charge on any atom is -0.393 e. The van der Waals surface area contributed by atoms with Crippen molar-refractivity contribution < 1.29 is 26.7 Å². The molecule has 0 atom stereocenters. The lowest BCUT2D eigenvalue weighted by Crippen LogP contribution is -2.44. The van der Waals surface area contributed by atoms with Gasteiger partial charge in [-0.2, -0.15) is 13.2 Å². The molecule has 0 saturated heterocycles. The van der Waals surface area contributed by atoms with Crippen molar-refractivity contribution in [3.05, 3.63) is 0 Å². The number of aliphatic hydroxyl groups is 1. The van der Waals surface area contributed by atoms with E-state index in [0.717, 1.165) is 0 Å². The van der Waals surface area contributed by atoms with E-state index in [4.69, 9.17) is 5.11 Å². The van der Waals surface area contributed by atoms with Crippen LogP contribution in [0.5, 0.6) is 0 Å². The molecule has 0 aliphatic heterocycles. The van der Waals surface area contributed by atoms with Crippen LogP contribution in [0.4, 0.5) is 13.2 Å². The van der Waals surface area contributed by atoms with Crippen molar-refractivity contribution >= 4 is 10.0 Å². The third kappa shape index (κ3) is 3.32. The molecule has 0 radical (unpaired) electrons. The van der Waals surface area contributed by atoms with Gasteiger partial charge in [0.2, 0.25) is 0 Å². The van der Waals surface area contributed by atoms with Gasteiger partial charge in [-0.1, -0.05) is 0 Å². The Balaban J connectivity index is 2.56. The number of hydrogen-bond acceptors (Lipinski definition) is 3. The van der Waals surface area contributed by atoms with Gasteiger partial charge >= 0.3 is 15.5 Å². The van der Waals surface area contributed by atoms with Gasteiger partial charge in [0.1, 0.15) is 0 Å². The normalized spacial score (nSPS) is 29.1. The van der Waals surface area contributed by atoms with Crippen LogP contribution in [-0.4, -0.2) is 31.2 Å². The summed E-state index contributed by atoms with van der Waals surface area (Å²) in [6.45, 7) is 0. The molecule has 2 N–H and O–H groups in total. The van der Waals surface area contributed by atoms with E-state index in [1.165, 1.54) is 0 Å². The number of halogens is 3. The van der Waals surface area contributed by atoms with Gasteiger partial charge in [-0.3, -0.25) is 0 Å². The summed E-state index contributed by atoms with van der Waals surface area (Å²) in [6, 6.07) is -0.722. The maximum Gasteiger partial charge on any atom is 0.511 e. The van der Waals surface area contributed by atoms with E-state index in [1.807, 2.05) is 0 Å². The molecule has 4 nitrogen and oxygen atoms in total. The number of alkyl halides is 3. The second-order valence-electron chi connectivity index (χ2n) is 3.57. The summed E-state index contributed by atoms with van der Waals surface area (Å²) in [7, 11) is -5.25. The Morgan fingerprint density at radius 1 is 1.13 bits per heavy atom. The molecule has 1 saturated carbocycles. The second kappa shape index (κ2) is 4.26. The molecule has 0 amide bonds.